The molecular formula is C15H16ClFO3. The number of aliphatic carboxylic acids is 1. The van der Waals surface area contributed by atoms with E-state index in [1.54, 1.807) is 12.1 Å². The molecule has 0 bridgehead atoms. The molecule has 1 aliphatic heterocycles. The molecule has 1 spiro atoms. The lowest BCUT2D eigenvalue weighted by atomic mass is 9.48. The van der Waals surface area contributed by atoms with Gasteiger partial charge < -0.3 is 9.84 Å². The molecule has 3 rings (SSSR count). The van der Waals surface area contributed by atoms with E-state index >= 15 is 0 Å². The van der Waals surface area contributed by atoms with Crippen LogP contribution in [0.3, 0.4) is 0 Å². The van der Waals surface area contributed by atoms with Crippen molar-refractivity contribution in [2.24, 2.45) is 5.41 Å². The van der Waals surface area contributed by atoms with Crippen LogP contribution in [0.4, 0.5) is 4.39 Å². The number of benzene rings is 1. The molecule has 1 saturated heterocycles. The molecule has 1 heterocycles. The Balaban J connectivity index is 1.95. The van der Waals surface area contributed by atoms with Gasteiger partial charge in [-0.15, -0.1) is 0 Å². The summed E-state index contributed by atoms with van der Waals surface area (Å²) in [5.41, 5.74) is -0.924. The molecule has 1 aliphatic carbocycles. The highest BCUT2D eigenvalue weighted by atomic mass is 35.5. The summed E-state index contributed by atoms with van der Waals surface area (Å²) in [4.78, 5) is 11.8. The van der Waals surface area contributed by atoms with Crippen molar-refractivity contribution >= 4 is 17.6 Å². The Bertz CT molecular complexity index is 544. The lowest BCUT2D eigenvalue weighted by Crippen LogP contribution is -2.56. The van der Waals surface area contributed by atoms with Gasteiger partial charge in [-0.05, 0) is 37.2 Å². The zero-order chi connectivity index (χ0) is 14.4. The number of hydrogen-bond acceptors (Lipinski definition) is 2. The fraction of sp³-hybridized carbons (Fsp3) is 0.533. The Kier molecular flexibility index (Phi) is 3.26. The average Bonchev–Trinajstić information content (AvgIpc) is 2.39. The van der Waals surface area contributed by atoms with Gasteiger partial charge in [0.05, 0.1) is 10.4 Å². The van der Waals surface area contributed by atoms with Gasteiger partial charge in [-0.2, -0.15) is 0 Å². The van der Waals surface area contributed by atoms with Gasteiger partial charge in [-0.25, -0.2) is 4.39 Å². The third-order valence-corrected chi connectivity index (χ3v) is 5.08. The highest BCUT2D eigenvalue weighted by Crippen LogP contribution is 2.60. The first-order valence-electron chi connectivity index (χ1n) is 6.75. The Morgan fingerprint density at radius 2 is 1.95 bits per heavy atom. The molecule has 5 heteroatoms. The predicted molar refractivity (Wildman–Crippen MR) is 72.4 cm³/mol. The Hall–Kier alpha value is -1.13. The second-order valence-electron chi connectivity index (χ2n) is 5.95. The van der Waals surface area contributed by atoms with Crippen molar-refractivity contribution in [2.75, 3.05) is 13.2 Å². The third-order valence-electron chi connectivity index (χ3n) is 4.78. The quantitative estimate of drug-likeness (QED) is 0.910. The number of carboxylic acids is 1. The summed E-state index contributed by atoms with van der Waals surface area (Å²) in [7, 11) is 0. The van der Waals surface area contributed by atoms with Crippen molar-refractivity contribution in [3.05, 3.63) is 34.6 Å². The lowest BCUT2D eigenvalue weighted by Gasteiger charge is -2.56. The van der Waals surface area contributed by atoms with Gasteiger partial charge in [-0.1, -0.05) is 23.7 Å². The van der Waals surface area contributed by atoms with Crippen LogP contribution in [-0.2, 0) is 14.9 Å². The highest BCUT2D eigenvalue weighted by molar-refractivity contribution is 6.30. The number of ether oxygens (including phenoxy) is 1. The van der Waals surface area contributed by atoms with Gasteiger partial charge in [0.15, 0.2) is 0 Å². The largest absolute Gasteiger partial charge is 0.481 e. The first-order chi connectivity index (χ1) is 9.49. The minimum absolute atomic E-state index is 0.00853. The van der Waals surface area contributed by atoms with Crippen LogP contribution in [0.2, 0.25) is 5.02 Å². The summed E-state index contributed by atoms with van der Waals surface area (Å²) >= 11 is 5.79. The summed E-state index contributed by atoms with van der Waals surface area (Å²) < 4.78 is 19.5. The molecule has 0 amide bonds. The van der Waals surface area contributed by atoms with Crippen LogP contribution in [0.15, 0.2) is 18.2 Å². The topological polar surface area (TPSA) is 46.5 Å². The predicted octanol–water partition coefficient (Wildman–Crippen LogP) is 3.39. The van der Waals surface area contributed by atoms with Gasteiger partial charge in [0.2, 0.25) is 0 Å². The smallest absolute Gasteiger partial charge is 0.314 e. The lowest BCUT2D eigenvalue weighted by molar-refractivity contribution is -0.160. The Labute approximate surface area is 121 Å². The van der Waals surface area contributed by atoms with Crippen LogP contribution in [-0.4, -0.2) is 24.3 Å². The first kappa shape index (κ1) is 13.8. The van der Waals surface area contributed by atoms with Gasteiger partial charge in [0, 0.05) is 18.8 Å². The highest BCUT2D eigenvalue weighted by Gasteiger charge is 2.60. The number of halogens is 2. The van der Waals surface area contributed by atoms with E-state index in [9.17, 15) is 14.3 Å². The molecule has 2 fully saturated rings. The SMILES string of the molecule is O=C(O)C1(c2cccc(Cl)c2F)CC2(CCOCC2)C1. The Morgan fingerprint density at radius 1 is 1.30 bits per heavy atom. The summed E-state index contributed by atoms with van der Waals surface area (Å²) in [5, 5.41) is 9.61. The van der Waals surface area contributed by atoms with E-state index in [2.05, 4.69) is 0 Å². The van der Waals surface area contributed by atoms with E-state index in [-0.39, 0.29) is 16.0 Å². The monoisotopic (exact) mass is 298 g/mol. The molecule has 1 saturated carbocycles. The summed E-state index contributed by atoms with van der Waals surface area (Å²) in [6, 6.07) is 4.60. The first-order valence-corrected chi connectivity index (χ1v) is 7.13. The molecule has 0 atom stereocenters. The van der Waals surface area contributed by atoms with Gasteiger partial charge in [-0.3, -0.25) is 4.79 Å². The van der Waals surface area contributed by atoms with Gasteiger partial charge >= 0.3 is 5.97 Å². The molecular weight excluding hydrogens is 283 g/mol. The standard InChI is InChI=1S/C15H16ClFO3/c16-11-3-1-2-10(12(11)17)15(13(18)19)8-14(9-15)4-6-20-7-5-14/h1-3H,4-9H2,(H,18,19). The zero-order valence-electron chi connectivity index (χ0n) is 11.0. The van der Waals surface area contributed by atoms with Crippen molar-refractivity contribution in [1.29, 1.82) is 0 Å². The summed E-state index contributed by atoms with van der Waals surface area (Å²) in [6.07, 6.45) is 2.64. The maximum atomic E-state index is 14.2. The van der Waals surface area contributed by atoms with E-state index in [1.165, 1.54) is 6.07 Å². The maximum Gasteiger partial charge on any atom is 0.314 e. The van der Waals surface area contributed by atoms with Crippen molar-refractivity contribution < 1.29 is 19.0 Å². The number of rotatable bonds is 2. The van der Waals surface area contributed by atoms with Crippen molar-refractivity contribution in [2.45, 2.75) is 31.1 Å². The van der Waals surface area contributed by atoms with Crippen LogP contribution >= 0.6 is 11.6 Å². The van der Waals surface area contributed by atoms with Crippen LogP contribution in [0.25, 0.3) is 0 Å². The molecule has 1 aromatic rings. The fourth-order valence-corrected chi connectivity index (χ4v) is 3.89. The molecule has 1 N–H and O–H groups in total. The minimum atomic E-state index is -1.13. The molecule has 108 valence electrons. The van der Waals surface area contributed by atoms with Gasteiger partial charge in [0.25, 0.3) is 0 Å². The van der Waals surface area contributed by atoms with Crippen molar-refractivity contribution in [1.82, 2.24) is 0 Å². The van der Waals surface area contributed by atoms with Gasteiger partial charge in [0.1, 0.15) is 5.82 Å². The van der Waals surface area contributed by atoms with Crippen LogP contribution < -0.4 is 0 Å². The molecule has 0 unspecified atom stereocenters. The number of hydrogen-bond donors (Lipinski definition) is 1. The summed E-state index contributed by atoms with van der Waals surface area (Å²) in [6.45, 7) is 1.32. The molecule has 2 aliphatic rings. The average molecular weight is 299 g/mol. The van der Waals surface area contributed by atoms with Crippen LogP contribution in [0.1, 0.15) is 31.2 Å². The Morgan fingerprint density at radius 3 is 2.55 bits per heavy atom. The van der Waals surface area contributed by atoms with E-state index in [4.69, 9.17) is 16.3 Å². The van der Waals surface area contributed by atoms with Crippen molar-refractivity contribution in [3.63, 3.8) is 0 Å². The maximum absolute atomic E-state index is 14.2. The molecule has 20 heavy (non-hydrogen) atoms. The normalized spacial score (nSPS) is 23.3. The fourth-order valence-electron chi connectivity index (χ4n) is 3.72. The van der Waals surface area contributed by atoms with E-state index in [1.807, 2.05) is 0 Å². The zero-order valence-corrected chi connectivity index (χ0v) is 11.8. The number of carbonyl (C=O) groups is 1. The van der Waals surface area contributed by atoms with E-state index < -0.39 is 17.2 Å². The minimum Gasteiger partial charge on any atom is -0.481 e. The molecule has 0 radical (unpaired) electrons. The second kappa shape index (κ2) is 4.71. The molecule has 1 aromatic carbocycles. The van der Waals surface area contributed by atoms with Crippen LogP contribution in [0, 0.1) is 11.2 Å². The third kappa shape index (κ3) is 1.93. The second-order valence-corrected chi connectivity index (χ2v) is 6.36. The van der Waals surface area contributed by atoms with E-state index in [0.29, 0.717) is 26.1 Å². The summed E-state index contributed by atoms with van der Waals surface area (Å²) in [5.74, 6) is -1.56. The molecule has 0 aromatic heterocycles. The van der Waals surface area contributed by atoms with Crippen LogP contribution in [0.5, 0.6) is 0 Å². The number of carboxylic acid groups (broad SMARTS) is 1. The van der Waals surface area contributed by atoms with Crippen molar-refractivity contribution in [3.8, 4) is 0 Å². The molecule has 3 nitrogen and oxygen atoms in total. The van der Waals surface area contributed by atoms with E-state index in [0.717, 1.165) is 12.8 Å².